The summed E-state index contributed by atoms with van der Waals surface area (Å²) >= 11 is 0. The van der Waals surface area contributed by atoms with E-state index in [0.29, 0.717) is 13.1 Å². The molecule has 0 bridgehead atoms. The standard InChI is InChI=1S/C16H22F3N3O/c17-16(18,19)6-5-14(23)21-8-1-2-13(11-21)15-20-7-9-22(15)10-12-3-4-12/h7,9,12-13H,1-6,8,10-11H2/t13-/m1/s1. The molecule has 3 rings (SSSR count). The van der Waals surface area contributed by atoms with Crippen LogP contribution in [0.1, 0.15) is 50.3 Å². The lowest BCUT2D eigenvalue weighted by molar-refractivity contribution is -0.149. The highest BCUT2D eigenvalue weighted by molar-refractivity contribution is 5.76. The maximum atomic E-state index is 12.3. The molecule has 128 valence electrons. The molecule has 0 N–H and O–H groups in total. The number of piperidine rings is 1. The third-order valence-electron chi connectivity index (χ3n) is 4.66. The average Bonchev–Trinajstić information content (AvgIpc) is 3.20. The van der Waals surface area contributed by atoms with Gasteiger partial charge < -0.3 is 9.47 Å². The predicted octanol–water partition coefficient (Wildman–Crippen LogP) is 3.34. The lowest BCUT2D eigenvalue weighted by Gasteiger charge is -2.33. The van der Waals surface area contributed by atoms with Crippen molar-refractivity contribution in [2.45, 2.75) is 57.2 Å². The van der Waals surface area contributed by atoms with Crippen LogP contribution in [0.4, 0.5) is 13.2 Å². The van der Waals surface area contributed by atoms with Gasteiger partial charge >= 0.3 is 6.18 Å². The Bertz CT molecular complexity index is 551. The summed E-state index contributed by atoms with van der Waals surface area (Å²) in [6.07, 6.45) is 2.25. The first-order chi connectivity index (χ1) is 10.9. The fourth-order valence-electron chi connectivity index (χ4n) is 3.23. The van der Waals surface area contributed by atoms with E-state index in [1.54, 1.807) is 11.1 Å². The molecule has 2 fully saturated rings. The maximum Gasteiger partial charge on any atom is 0.389 e. The zero-order chi connectivity index (χ0) is 16.4. The molecule has 1 saturated carbocycles. The second-order valence-electron chi connectivity index (χ2n) is 6.68. The van der Waals surface area contributed by atoms with Crippen molar-refractivity contribution in [1.82, 2.24) is 14.5 Å². The van der Waals surface area contributed by atoms with Crippen LogP contribution in [0.15, 0.2) is 12.4 Å². The number of halogens is 3. The van der Waals surface area contributed by atoms with Crippen molar-refractivity contribution in [3.63, 3.8) is 0 Å². The van der Waals surface area contributed by atoms with Gasteiger partial charge in [-0.25, -0.2) is 4.98 Å². The molecular formula is C16H22F3N3O. The van der Waals surface area contributed by atoms with Gasteiger partial charge in [0.1, 0.15) is 5.82 Å². The summed E-state index contributed by atoms with van der Waals surface area (Å²) in [5, 5.41) is 0. The fraction of sp³-hybridized carbons (Fsp3) is 0.750. The highest BCUT2D eigenvalue weighted by Gasteiger charge is 2.32. The van der Waals surface area contributed by atoms with Gasteiger partial charge in [-0.3, -0.25) is 4.79 Å². The smallest absolute Gasteiger partial charge is 0.342 e. The number of likely N-dealkylation sites (tertiary alicyclic amines) is 1. The van der Waals surface area contributed by atoms with Crippen LogP contribution in [0.5, 0.6) is 0 Å². The molecule has 0 unspecified atom stereocenters. The van der Waals surface area contributed by atoms with Crippen molar-refractivity contribution in [3.8, 4) is 0 Å². The number of rotatable bonds is 5. The predicted molar refractivity (Wildman–Crippen MR) is 78.8 cm³/mol. The number of nitrogens with zero attached hydrogens (tertiary/aromatic N) is 3. The first-order valence-electron chi connectivity index (χ1n) is 8.28. The van der Waals surface area contributed by atoms with Crippen LogP contribution in [0.25, 0.3) is 0 Å². The molecule has 1 aromatic heterocycles. The Labute approximate surface area is 133 Å². The molecule has 2 heterocycles. The van der Waals surface area contributed by atoms with Gasteiger partial charge in [0.05, 0.1) is 6.42 Å². The lowest BCUT2D eigenvalue weighted by atomic mass is 9.96. The van der Waals surface area contributed by atoms with Crippen molar-refractivity contribution >= 4 is 5.91 Å². The molecular weight excluding hydrogens is 307 g/mol. The summed E-state index contributed by atoms with van der Waals surface area (Å²) in [6, 6.07) is 0. The Morgan fingerprint density at radius 2 is 2.09 bits per heavy atom. The van der Waals surface area contributed by atoms with E-state index in [4.69, 9.17) is 0 Å². The Hall–Kier alpha value is -1.53. The fourth-order valence-corrected chi connectivity index (χ4v) is 3.23. The summed E-state index contributed by atoms with van der Waals surface area (Å²) in [7, 11) is 0. The Kier molecular flexibility index (Phi) is 4.64. The molecule has 1 amide bonds. The van der Waals surface area contributed by atoms with Gasteiger partial charge in [0.25, 0.3) is 0 Å². The minimum atomic E-state index is -4.27. The van der Waals surface area contributed by atoms with Crippen LogP contribution in [-0.4, -0.2) is 39.6 Å². The number of imidazole rings is 1. The van der Waals surface area contributed by atoms with Gasteiger partial charge in [-0.15, -0.1) is 0 Å². The molecule has 0 aromatic carbocycles. The summed E-state index contributed by atoms with van der Waals surface area (Å²) < 4.78 is 39.0. The highest BCUT2D eigenvalue weighted by Crippen LogP contribution is 2.33. The first kappa shape index (κ1) is 16.3. The monoisotopic (exact) mass is 329 g/mol. The largest absolute Gasteiger partial charge is 0.389 e. The van der Waals surface area contributed by atoms with Gasteiger partial charge in [0, 0.05) is 44.4 Å². The van der Waals surface area contributed by atoms with Gasteiger partial charge in [0.15, 0.2) is 0 Å². The third kappa shape index (κ3) is 4.48. The first-order valence-corrected chi connectivity index (χ1v) is 8.28. The minimum Gasteiger partial charge on any atom is -0.342 e. The molecule has 1 aromatic rings. The zero-order valence-corrected chi connectivity index (χ0v) is 13.1. The SMILES string of the molecule is O=C(CCC(F)(F)F)N1CCC[C@@H](c2nccn2CC2CC2)C1. The number of carbonyl (C=O) groups excluding carboxylic acids is 1. The molecule has 7 heteroatoms. The lowest BCUT2D eigenvalue weighted by Crippen LogP contribution is -2.40. The van der Waals surface area contributed by atoms with E-state index in [0.717, 1.165) is 31.1 Å². The third-order valence-corrected chi connectivity index (χ3v) is 4.66. The maximum absolute atomic E-state index is 12.3. The van der Waals surface area contributed by atoms with Crippen LogP contribution in [0.2, 0.25) is 0 Å². The van der Waals surface area contributed by atoms with E-state index in [1.807, 2.05) is 6.20 Å². The molecule has 0 radical (unpaired) electrons. The van der Waals surface area contributed by atoms with E-state index in [2.05, 4.69) is 9.55 Å². The number of carbonyl (C=O) groups is 1. The molecule has 0 spiro atoms. The quantitative estimate of drug-likeness (QED) is 0.831. The molecule has 1 aliphatic carbocycles. The van der Waals surface area contributed by atoms with Crippen LogP contribution < -0.4 is 0 Å². The summed E-state index contributed by atoms with van der Waals surface area (Å²) in [4.78, 5) is 18.1. The molecule has 2 aliphatic rings. The number of amides is 1. The topological polar surface area (TPSA) is 38.1 Å². The number of alkyl halides is 3. The van der Waals surface area contributed by atoms with Crippen molar-refractivity contribution < 1.29 is 18.0 Å². The van der Waals surface area contributed by atoms with Crippen LogP contribution in [-0.2, 0) is 11.3 Å². The Morgan fingerprint density at radius 3 is 2.78 bits per heavy atom. The van der Waals surface area contributed by atoms with Gasteiger partial charge in [-0.1, -0.05) is 0 Å². The van der Waals surface area contributed by atoms with Crippen molar-refractivity contribution in [3.05, 3.63) is 18.2 Å². The van der Waals surface area contributed by atoms with Crippen LogP contribution in [0, 0.1) is 5.92 Å². The van der Waals surface area contributed by atoms with Crippen molar-refractivity contribution in [2.75, 3.05) is 13.1 Å². The Morgan fingerprint density at radius 1 is 1.30 bits per heavy atom. The minimum absolute atomic E-state index is 0.132. The van der Waals surface area contributed by atoms with E-state index in [-0.39, 0.29) is 5.92 Å². The number of hydrogen-bond acceptors (Lipinski definition) is 2. The van der Waals surface area contributed by atoms with Crippen LogP contribution in [0.3, 0.4) is 0 Å². The van der Waals surface area contributed by atoms with E-state index in [1.165, 1.54) is 12.8 Å². The van der Waals surface area contributed by atoms with Crippen molar-refractivity contribution in [1.29, 1.82) is 0 Å². The highest BCUT2D eigenvalue weighted by atomic mass is 19.4. The summed E-state index contributed by atoms with van der Waals surface area (Å²) in [5.41, 5.74) is 0. The zero-order valence-electron chi connectivity index (χ0n) is 13.1. The molecule has 4 nitrogen and oxygen atoms in total. The van der Waals surface area contributed by atoms with Gasteiger partial charge in [-0.05, 0) is 31.6 Å². The van der Waals surface area contributed by atoms with Crippen molar-refractivity contribution in [2.24, 2.45) is 5.92 Å². The molecule has 1 aliphatic heterocycles. The normalized spacial score (nSPS) is 22.4. The second-order valence-corrected chi connectivity index (χ2v) is 6.68. The van der Waals surface area contributed by atoms with Crippen LogP contribution >= 0.6 is 0 Å². The van der Waals surface area contributed by atoms with E-state index in [9.17, 15) is 18.0 Å². The second kappa shape index (κ2) is 6.53. The van der Waals surface area contributed by atoms with Gasteiger partial charge in [0.2, 0.25) is 5.91 Å². The Balaban J connectivity index is 1.59. The summed E-state index contributed by atoms with van der Waals surface area (Å²) in [6.45, 7) is 2.00. The van der Waals surface area contributed by atoms with E-state index < -0.39 is 24.9 Å². The summed E-state index contributed by atoms with van der Waals surface area (Å²) in [5.74, 6) is 1.45. The number of hydrogen-bond donors (Lipinski definition) is 0. The molecule has 23 heavy (non-hydrogen) atoms. The number of aromatic nitrogens is 2. The average molecular weight is 329 g/mol. The molecule has 1 saturated heterocycles. The van der Waals surface area contributed by atoms with E-state index >= 15 is 0 Å². The molecule has 1 atom stereocenters. The van der Waals surface area contributed by atoms with Gasteiger partial charge in [-0.2, -0.15) is 13.2 Å².